The molecule has 0 saturated heterocycles. The van der Waals surface area contributed by atoms with Crippen LogP contribution in [0.2, 0.25) is 0 Å². The van der Waals surface area contributed by atoms with Gasteiger partial charge in [-0.2, -0.15) is 11.8 Å². The fourth-order valence-electron chi connectivity index (χ4n) is 2.41. The third-order valence-corrected chi connectivity index (χ3v) is 5.07. The molecule has 2 rings (SSSR count). The van der Waals surface area contributed by atoms with E-state index in [4.69, 9.17) is 5.11 Å². The van der Waals surface area contributed by atoms with Crippen molar-refractivity contribution in [3.05, 3.63) is 30.3 Å². The SMILES string of the molecule is CCN(C(=O)CSCC1(CC(=O)O)CC1)c1ccccc1. The highest BCUT2D eigenvalue weighted by molar-refractivity contribution is 8.00. The van der Waals surface area contributed by atoms with Gasteiger partial charge in [0.25, 0.3) is 0 Å². The summed E-state index contributed by atoms with van der Waals surface area (Å²) < 4.78 is 0. The van der Waals surface area contributed by atoms with Crippen LogP contribution in [0, 0.1) is 5.41 Å². The number of amides is 1. The van der Waals surface area contributed by atoms with E-state index >= 15 is 0 Å². The van der Waals surface area contributed by atoms with Crippen LogP contribution in [0.3, 0.4) is 0 Å². The molecule has 0 bridgehead atoms. The fraction of sp³-hybridized carbons (Fsp3) is 0.500. The quantitative estimate of drug-likeness (QED) is 0.802. The fourth-order valence-corrected chi connectivity index (χ4v) is 3.67. The van der Waals surface area contributed by atoms with Gasteiger partial charge in [-0.15, -0.1) is 0 Å². The average molecular weight is 307 g/mol. The van der Waals surface area contributed by atoms with Crippen LogP contribution in [-0.2, 0) is 9.59 Å². The van der Waals surface area contributed by atoms with Gasteiger partial charge in [0, 0.05) is 12.2 Å². The van der Waals surface area contributed by atoms with E-state index in [0.717, 1.165) is 24.3 Å². The number of para-hydroxylation sites is 1. The minimum absolute atomic E-state index is 0.0550. The van der Waals surface area contributed by atoms with Crippen molar-refractivity contribution in [2.24, 2.45) is 5.41 Å². The van der Waals surface area contributed by atoms with Crippen LogP contribution < -0.4 is 4.90 Å². The number of benzene rings is 1. The van der Waals surface area contributed by atoms with E-state index in [2.05, 4.69) is 0 Å². The Bertz CT molecular complexity index is 500. The number of carbonyl (C=O) groups is 2. The topological polar surface area (TPSA) is 57.6 Å². The monoisotopic (exact) mass is 307 g/mol. The third-order valence-electron chi connectivity index (χ3n) is 3.80. The molecule has 5 heteroatoms. The molecule has 1 amide bonds. The molecular formula is C16H21NO3S. The van der Waals surface area contributed by atoms with Crippen LogP contribution >= 0.6 is 11.8 Å². The summed E-state index contributed by atoms with van der Waals surface area (Å²) in [5, 5.41) is 8.89. The summed E-state index contributed by atoms with van der Waals surface area (Å²) in [5.74, 6) is 0.514. The molecule has 0 aromatic heterocycles. The van der Waals surface area contributed by atoms with Gasteiger partial charge >= 0.3 is 5.97 Å². The maximum Gasteiger partial charge on any atom is 0.303 e. The molecule has 1 aliphatic rings. The molecular weight excluding hydrogens is 286 g/mol. The van der Waals surface area contributed by atoms with Crippen molar-refractivity contribution in [2.75, 3.05) is 23.0 Å². The predicted molar refractivity (Wildman–Crippen MR) is 85.7 cm³/mol. The zero-order valence-electron chi connectivity index (χ0n) is 12.2. The Balaban J connectivity index is 1.82. The lowest BCUT2D eigenvalue weighted by molar-refractivity contribution is -0.138. The minimum Gasteiger partial charge on any atom is -0.481 e. The van der Waals surface area contributed by atoms with Gasteiger partial charge in [-0.05, 0) is 43.1 Å². The molecule has 0 unspecified atom stereocenters. The molecule has 0 spiro atoms. The first kappa shape index (κ1) is 15.9. The van der Waals surface area contributed by atoms with Crippen LogP contribution in [0.1, 0.15) is 26.2 Å². The summed E-state index contributed by atoms with van der Waals surface area (Å²) in [7, 11) is 0. The molecule has 114 valence electrons. The maximum absolute atomic E-state index is 12.3. The van der Waals surface area contributed by atoms with Gasteiger partial charge in [0.05, 0.1) is 12.2 Å². The second-order valence-electron chi connectivity index (χ2n) is 5.54. The lowest BCUT2D eigenvalue weighted by atomic mass is 10.1. The molecule has 1 aromatic carbocycles. The summed E-state index contributed by atoms with van der Waals surface area (Å²) in [6.45, 7) is 2.60. The first-order chi connectivity index (χ1) is 10.1. The summed E-state index contributed by atoms with van der Waals surface area (Å²) in [5.41, 5.74) is 0.859. The van der Waals surface area contributed by atoms with Crippen molar-refractivity contribution in [2.45, 2.75) is 26.2 Å². The van der Waals surface area contributed by atoms with Gasteiger partial charge in [-0.1, -0.05) is 18.2 Å². The van der Waals surface area contributed by atoms with Crippen LogP contribution in [0.15, 0.2) is 30.3 Å². The largest absolute Gasteiger partial charge is 0.481 e. The van der Waals surface area contributed by atoms with Crippen molar-refractivity contribution >= 4 is 29.3 Å². The number of hydrogen-bond acceptors (Lipinski definition) is 3. The lowest BCUT2D eigenvalue weighted by Gasteiger charge is -2.21. The molecule has 0 aliphatic heterocycles. The maximum atomic E-state index is 12.3. The van der Waals surface area contributed by atoms with Crippen LogP contribution in [0.4, 0.5) is 5.69 Å². The van der Waals surface area contributed by atoms with E-state index in [9.17, 15) is 9.59 Å². The van der Waals surface area contributed by atoms with E-state index in [1.165, 1.54) is 0 Å². The highest BCUT2D eigenvalue weighted by Gasteiger charge is 2.44. The second-order valence-corrected chi connectivity index (χ2v) is 6.52. The van der Waals surface area contributed by atoms with Crippen molar-refractivity contribution < 1.29 is 14.7 Å². The summed E-state index contributed by atoms with van der Waals surface area (Å²) in [6.07, 6.45) is 2.16. The van der Waals surface area contributed by atoms with E-state index in [1.807, 2.05) is 37.3 Å². The smallest absolute Gasteiger partial charge is 0.303 e. The van der Waals surface area contributed by atoms with Crippen molar-refractivity contribution in [3.63, 3.8) is 0 Å². The van der Waals surface area contributed by atoms with Gasteiger partial charge in [0.1, 0.15) is 0 Å². The van der Waals surface area contributed by atoms with Crippen molar-refractivity contribution in [1.82, 2.24) is 0 Å². The molecule has 1 aromatic rings. The Kier molecular flexibility index (Phi) is 5.28. The highest BCUT2D eigenvalue weighted by Crippen LogP contribution is 2.51. The van der Waals surface area contributed by atoms with Gasteiger partial charge < -0.3 is 10.0 Å². The van der Waals surface area contributed by atoms with Crippen molar-refractivity contribution in [1.29, 1.82) is 0 Å². The Labute approximate surface area is 129 Å². The number of carbonyl (C=O) groups excluding carboxylic acids is 1. The summed E-state index contributed by atoms with van der Waals surface area (Å²) in [4.78, 5) is 24.9. The number of carboxylic acids is 1. The van der Waals surface area contributed by atoms with E-state index in [-0.39, 0.29) is 17.7 Å². The Hall–Kier alpha value is -1.49. The second kappa shape index (κ2) is 6.98. The van der Waals surface area contributed by atoms with E-state index in [0.29, 0.717) is 12.3 Å². The van der Waals surface area contributed by atoms with Crippen LogP contribution in [0.25, 0.3) is 0 Å². The molecule has 4 nitrogen and oxygen atoms in total. The number of hydrogen-bond donors (Lipinski definition) is 1. The standard InChI is InChI=1S/C16H21NO3S/c1-2-17(13-6-4-3-5-7-13)14(18)11-21-12-16(8-9-16)10-15(19)20/h3-7H,2,8-12H2,1H3,(H,19,20). The van der Waals surface area contributed by atoms with Gasteiger partial charge in [-0.25, -0.2) is 0 Å². The number of carboxylic acid groups (broad SMARTS) is 1. The van der Waals surface area contributed by atoms with Gasteiger partial charge in [0.2, 0.25) is 5.91 Å². The number of aliphatic carboxylic acids is 1. The Morgan fingerprint density at radius 3 is 2.48 bits per heavy atom. The molecule has 0 heterocycles. The van der Waals surface area contributed by atoms with E-state index in [1.54, 1.807) is 16.7 Å². The summed E-state index contributed by atoms with van der Waals surface area (Å²) in [6, 6.07) is 9.63. The number of thioether (sulfide) groups is 1. The predicted octanol–water partition coefficient (Wildman–Crippen LogP) is 3.03. The molecule has 1 saturated carbocycles. The highest BCUT2D eigenvalue weighted by atomic mass is 32.2. The zero-order chi connectivity index (χ0) is 15.3. The van der Waals surface area contributed by atoms with Crippen molar-refractivity contribution in [3.8, 4) is 0 Å². The molecule has 0 radical (unpaired) electrons. The third kappa shape index (κ3) is 4.49. The molecule has 1 fully saturated rings. The van der Waals surface area contributed by atoms with E-state index < -0.39 is 5.97 Å². The minimum atomic E-state index is -0.737. The number of nitrogens with zero attached hydrogens (tertiary/aromatic N) is 1. The lowest BCUT2D eigenvalue weighted by Crippen LogP contribution is -2.32. The Morgan fingerprint density at radius 1 is 1.29 bits per heavy atom. The number of rotatable bonds is 8. The Morgan fingerprint density at radius 2 is 1.95 bits per heavy atom. The number of anilines is 1. The average Bonchev–Trinajstić information content (AvgIpc) is 3.19. The molecule has 1 N–H and O–H groups in total. The van der Waals surface area contributed by atoms with Crippen LogP contribution in [-0.4, -0.2) is 35.0 Å². The molecule has 0 atom stereocenters. The normalized spacial score (nSPS) is 15.5. The first-order valence-corrected chi connectivity index (χ1v) is 8.37. The van der Waals surface area contributed by atoms with Gasteiger partial charge in [-0.3, -0.25) is 9.59 Å². The zero-order valence-corrected chi connectivity index (χ0v) is 13.1. The summed E-state index contributed by atoms with van der Waals surface area (Å²) >= 11 is 1.56. The molecule has 1 aliphatic carbocycles. The van der Waals surface area contributed by atoms with Crippen LogP contribution in [0.5, 0.6) is 0 Å². The first-order valence-electron chi connectivity index (χ1n) is 7.21. The van der Waals surface area contributed by atoms with Gasteiger partial charge in [0.15, 0.2) is 0 Å². The molecule has 21 heavy (non-hydrogen) atoms.